The number of hydrogen-bond donors (Lipinski definition) is 7. The number of nitrogens with one attached hydrogen (secondary N) is 1. The maximum Gasteiger partial charge on any atom is 0.338 e. The van der Waals surface area contributed by atoms with Crippen LogP contribution in [0.4, 0.5) is 0 Å². The molecular weight excluding hydrogens is 937 g/mol. The summed E-state index contributed by atoms with van der Waals surface area (Å²) in [5.74, 6) is -6.84. The largest absolute Gasteiger partial charge is 0.456 e. The third-order valence-electron chi connectivity index (χ3n) is 14.7. The number of ether oxygens (including phenoxy) is 5. The van der Waals surface area contributed by atoms with Crippen LogP contribution in [0.2, 0.25) is 0 Å². The molecule has 1 amide bonds. The normalized spacial score (nSPS) is 28.9. The zero-order valence-electron chi connectivity index (χ0n) is 41.3. The van der Waals surface area contributed by atoms with Crippen LogP contribution in [-0.2, 0) is 42.9 Å². The number of rotatable bonds is 16. The van der Waals surface area contributed by atoms with E-state index in [1.54, 1.807) is 97.6 Å². The lowest BCUT2D eigenvalue weighted by Gasteiger charge is -2.67. The van der Waals surface area contributed by atoms with Gasteiger partial charge in [-0.2, -0.15) is 0 Å². The molecule has 3 aromatic rings. The number of carbonyl (C=O) groups is 6. The van der Waals surface area contributed by atoms with Gasteiger partial charge in [0.05, 0.1) is 55.5 Å². The molecule has 4 aliphatic rings. The van der Waals surface area contributed by atoms with Crippen molar-refractivity contribution < 1.29 is 83.1 Å². The third-order valence-corrected chi connectivity index (χ3v) is 14.7. The fourth-order valence-corrected chi connectivity index (χ4v) is 10.9. The summed E-state index contributed by atoms with van der Waals surface area (Å²) in [6.07, 6.45) is -10.5. The molecule has 390 valence electrons. The second kappa shape index (κ2) is 22.9. The van der Waals surface area contributed by atoms with Crippen molar-refractivity contribution in [3.8, 4) is 0 Å². The van der Waals surface area contributed by atoms with Crippen molar-refractivity contribution in [2.24, 2.45) is 16.7 Å². The Labute approximate surface area is 417 Å². The summed E-state index contributed by atoms with van der Waals surface area (Å²) >= 11 is 0. The van der Waals surface area contributed by atoms with E-state index in [1.807, 2.05) is 0 Å². The van der Waals surface area contributed by atoms with E-state index in [4.69, 9.17) is 39.0 Å². The van der Waals surface area contributed by atoms with E-state index in [0.717, 1.165) is 13.8 Å². The van der Waals surface area contributed by atoms with Gasteiger partial charge in [0.25, 0.3) is 5.91 Å². The third kappa shape index (κ3) is 10.7. The van der Waals surface area contributed by atoms with Crippen molar-refractivity contribution in [1.82, 2.24) is 10.2 Å². The number of aliphatic hydroxyl groups excluding tert-OH is 5. The molecule has 3 fully saturated rings. The number of Topliss-reactive ketones (excluding diaryl/α,β-unsaturated/α-hetero) is 1. The van der Waals surface area contributed by atoms with Gasteiger partial charge in [-0.1, -0.05) is 80.6 Å². The van der Waals surface area contributed by atoms with Crippen molar-refractivity contribution in [3.05, 3.63) is 119 Å². The second-order valence-electron chi connectivity index (χ2n) is 19.4. The van der Waals surface area contributed by atoms with Crippen LogP contribution in [0.3, 0.4) is 0 Å². The topological polar surface area (TPSA) is 285 Å². The van der Waals surface area contributed by atoms with Crippen LogP contribution >= 0.6 is 0 Å². The number of nitrogens with zero attached hydrogens (tertiary/aromatic N) is 1. The molecule has 1 aliphatic heterocycles. The number of carbonyl (C=O) groups excluding carboxylic acids is 6. The standard InChI is InChI=1S/C47H51NO14.C6H15NO3/c1-25-31(60-43(56)36(52)35(28-16-10-7-11-17-28)48-41(54)29-18-12-8-13-19-29)23-47(57)40(61-42(55)30-20-14-9-15-21-30)38-45(6,32(51)22-33-46(38,24-58-33)62-27(3)50)39(53)37(59-26(2)49)34(25)44(47,4)5;8-4-1-7(2-5-9)3-6-10/h7-21,31-33,35-38,40,51-52,57H,22-24H2,1-6H3,(H,48,54);8-10H,1-6H2/t31-,32-,33+,35-,36+,37+,38-,40-,45+,46-,47+;/m0./s1. The molecule has 3 aromatic carbocycles. The first-order chi connectivity index (χ1) is 34.1. The van der Waals surface area contributed by atoms with E-state index in [2.05, 4.69) is 5.32 Å². The monoisotopic (exact) mass is 1000 g/mol. The molecule has 0 spiro atoms. The van der Waals surface area contributed by atoms with E-state index in [-0.39, 0.29) is 55.1 Å². The summed E-state index contributed by atoms with van der Waals surface area (Å²) in [4.78, 5) is 85.2. The number of benzene rings is 3. The van der Waals surface area contributed by atoms with Gasteiger partial charge in [0.1, 0.15) is 23.9 Å². The van der Waals surface area contributed by atoms with Gasteiger partial charge in [-0.3, -0.25) is 24.1 Å². The van der Waals surface area contributed by atoms with Crippen LogP contribution in [0.1, 0.15) is 86.7 Å². The van der Waals surface area contributed by atoms with E-state index in [0.29, 0.717) is 25.2 Å². The van der Waals surface area contributed by atoms with E-state index < -0.39 is 113 Å². The molecule has 19 nitrogen and oxygen atoms in total. The lowest BCUT2D eigenvalue weighted by molar-refractivity contribution is -0.346. The van der Waals surface area contributed by atoms with Gasteiger partial charge in [0.15, 0.2) is 23.6 Å². The molecule has 19 heteroatoms. The lowest BCUT2D eigenvalue weighted by atomic mass is 9.44. The number of aliphatic hydroxyl groups is 6. The zero-order valence-corrected chi connectivity index (χ0v) is 41.3. The summed E-state index contributed by atoms with van der Waals surface area (Å²) < 4.78 is 30.3. The van der Waals surface area contributed by atoms with Crippen LogP contribution in [0.25, 0.3) is 0 Å². The minimum Gasteiger partial charge on any atom is -0.456 e. The molecule has 11 atom stereocenters. The Morgan fingerprint density at radius 3 is 1.83 bits per heavy atom. The molecule has 0 aromatic heterocycles. The highest BCUT2D eigenvalue weighted by Gasteiger charge is 2.78. The van der Waals surface area contributed by atoms with Gasteiger partial charge in [0, 0.05) is 57.3 Å². The zero-order chi connectivity index (χ0) is 52.8. The highest BCUT2D eigenvalue weighted by molar-refractivity contribution is 5.96. The quantitative estimate of drug-likeness (QED) is 0.0614. The smallest absolute Gasteiger partial charge is 0.338 e. The molecule has 7 N–H and O–H groups in total. The Balaban J connectivity index is 0.000000764. The molecule has 72 heavy (non-hydrogen) atoms. The molecule has 1 heterocycles. The SMILES string of the molecule is CC(=O)O[C@H]1C(=O)[C@@]2(C)[C@H]([C@H](OC(=O)c3ccccc3)[C@]3(O)C[C@H](OC(=O)[C@H](O)[C@@H](NC(=O)c4ccccc4)c4ccccc4)C(C)=C1C3(C)C)[C@]1(OC(C)=O)CO[C@@H]1C[C@@H]2O.OCCN(CCO)CCO. The highest BCUT2D eigenvalue weighted by atomic mass is 16.6. The summed E-state index contributed by atoms with van der Waals surface area (Å²) in [7, 11) is 0. The maximum atomic E-state index is 15.5. The van der Waals surface area contributed by atoms with Gasteiger partial charge in [-0.05, 0) is 54.8 Å². The molecular formula is C53H66N2O17. The van der Waals surface area contributed by atoms with Crippen molar-refractivity contribution in [2.75, 3.05) is 46.1 Å². The Morgan fingerprint density at radius 2 is 1.33 bits per heavy atom. The summed E-state index contributed by atoms with van der Waals surface area (Å²) in [5, 5.41) is 65.7. The van der Waals surface area contributed by atoms with Gasteiger partial charge >= 0.3 is 23.9 Å². The Hall–Kier alpha value is -5.90. The Morgan fingerprint density at radius 1 is 0.792 bits per heavy atom. The van der Waals surface area contributed by atoms with Crippen molar-refractivity contribution >= 4 is 35.6 Å². The average Bonchev–Trinajstić information content (AvgIpc) is 3.34. The van der Waals surface area contributed by atoms with Crippen LogP contribution in [-0.4, -0.2) is 165 Å². The predicted octanol–water partition coefficient (Wildman–Crippen LogP) is 2.00. The van der Waals surface area contributed by atoms with Crippen molar-refractivity contribution in [2.45, 2.75) is 108 Å². The average molecular weight is 1000 g/mol. The first-order valence-corrected chi connectivity index (χ1v) is 23.9. The van der Waals surface area contributed by atoms with E-state index >= 15 is 4.79 Å². The van der Waals surface area contributed by atoms with Crippen LogP contribution in [0.15, 0.2) is 102 Å². The van der Waals surface area contributed by atoms with Crippen molar-refractivity contribution in [3.63, 3.8) is 0 Å². The first kappa shape index (κ1) is 55.4. The number of hydrogen-bond acceptors (Lipinski definition) is 18. The van der Waals surface area contributed by atoms with Gasteiger partial charge in [-0.15, -0.1) is 0 Å². The number of esters is 4. The van der Waals surface area contributed by atoms with Gasteiger partial charge < -0.3 is 59.6 Å². The minimum atomic E-state index is -2.39. The molecule has 2 bridgehead atoms. The molecule has 0 radical (unpaired) electrons. The molecule has 0 unspecified atom stereocenters. The molecule has 7 rings (SSSR count). The fourth-order valence-electron chi connectivity index (χ4n) is 10.9. The number of fused-ring (bicyclic) bond motifs is 5. The fraction of sp³-hybridized carbons (Fsp3) is 0.509. The Bertz CT molecular complexity index is 2440. The van der Waals surface area contributed by atoms with Gasteiger partial charge in [0.2, 0.25) is 0 Å². The first-order valence-electron chi connectivity index (χ1n) is 23.9. The number of ketones is 1. The molecule has 2 saturated carbocycles. The maximum absolute atomic E-state index is 15.5. The predicted molar refractivity (Wildman–Crippen MR) is 255 cm³/mol. The molecule has 1 saturated heterocycles. The minimum absolute atomic E-state index is 0.00289. The summed E-state index contributed by atoms with van der Waals surface area (Å²) in [5.41, 5.74) is -7.02. The van der Waals surface area contributed by atoms with Crippen molar-refractivity contribution in [1.29, 1.82) is 0 Å². The summed E-state index contributed by atoms with van der Waals surface area (Å²) in [6, 6.07) is 22.9. The van der Waals surface area contributed by atoms with E-state index in [9.17, 15) is 39.3 Å². The van der Waals surface area contributed by atoms with Crippen LogP contribution < -0.4 is 5.32 Å². The summed E-state index contributed by atoms with van der Waals surface area (Å²) in [6.45, 7) is 9.73. The highest BCUT2D eigenvalue weighted by Crippen LogP contribution is 2.64. The van der Waals surface area contributed by atoms with E-state index in [1.165, 1.54) is 26.0 Å². The van der Waals surface area contributed by atoms with Gasteiger partial charge in [-0.25, -0.2) is 9.59 Å². The number of amides is 1. The Kier molecular flexibility index (Phi) is 17.6. The lowest BCUT2D eigenvalue weighted by Crippen LogP contribution is -2.82. The molecule has 3 aliphatic carbocycles. The second-order valence-corrected chi connectivity index (χ2v) is 19.4. The van der Waals surface area contributed by atoms with Crippen LogP contribution in [0, 0.1) is 16.7 Å². The van der Waals surface area contributed by atoms with Crippen LogP contribution in [0.5, 0.6) is 0 Å².